The van der Waals surface area contributed by atoms with Gasteiger partial charge in [0.2, 0.25) is 5.91 Å². The second-order valence-corrected chi connectivity index (χ2v) is 6.40. The first-order chi connectivity index (χ1) is 14.0. The number of hydrogen-bond donors (Lipinski definition) is 2. The van der Waals surface area contributed by atoms with Crippen molar-refractivity contribution in [1.29, 1.82) is 0 Å². The molecule has 0 saturated carbocycles. The molecule has 0 saturated heterocycles. The molecule has 0 heterocycles. The standard InChI is InChI=1S/C22H27N3O4/c1-25(18-7-4-3-5-8-18)14-6-13-24-22(27)12-10-17-9-11-19(20(15-17)28-2)29-16-21(23)26/h3-5,7-12,15H,6,13-14,16H2,1-2H3,(H2,23,26)(H,24,27)/b12-10+. The van der Waals surface area contributed by atoms with Crippen molar-refractivity contribution >= 4 is 23.6 Å². The molecule has 2 aromatic rings. The molecule has 2 amide bonds. The number of ether oxygens (including phenoxy) is 2. The zero-order valence-corrected chi connectivity index (χ0v) is 16.8. The van der Waals surface area contributed by atoms with E-state index in [4.69, 9.17) is 15.2 Å². The van der Waals surface area contributed by atoms with Gasteiger partial charge in [0.15, 0.2) is 18.1 Å². The highest BCUT2D eigenvalue weighted by atomic mass is 16.5. The predicted octanol–water partition coefficient (Wildman–Crippen LogP) is 2.22. The summed E-state index contributed by atoms with van der Waals surface area (Å²) in [6.07, 6.45) is 4.00. The van der Waals surface area contributed by atoms with Gasteiger partial charge in [0.05, 0.1) is 7.11 Å². The maximum atomic E-state index is 12.0. The molecule has 7 heteroatoms. The number of nitrogens with zero attached hydrogens (tertiary/aromatic N) is 1. The number of carbonyl (C=O) groups excluding carboxylic acids is 2. The first kappa shape index (κ1) is 21.8. The molecule has 2 rings (SSSR count). The lowest BCUT2D eigenvalue weighted by Gasteiger charge is -2.19. The Hall–Kier alpha value is -3.48. The van der Waals surface area contributed by atoms with Crippen LogP contribution in [-0.2, 0) is 9.59 Å². The first-order valence-corrected chi connectivity index (χ1v) is 9.31. The number of hydrogen-bond acceptors (Lipinski definition) is 5. The van der Waals surface area contributed by atoms with E-state index < -0.39 is 5.91 Å². The third-order valence-corrected chi connectivity index (χ3v) is 4.15. The number of primary amides is 1. The van der Waals surface area contributed by atoms with Crippen LogP contribution in [0.5, 0.6) is 11.5 Å². The van der Waals surface area contributed by atoms with Crippen molar-refractivity contribution in [3.63, 3.8) is 0 Å². The Labute approximate surface area is 171 Å². The molecular formula is C22H27N3O4. The molecular weight excluding hydrogens is 370 g/mol. The van der Waals surface area contributed by atoms with Gasteiger partial charge in [-0.05, 0) is 42.3 Å². The van der Waals surface area contributed by atoms with Crippen LogP contribution in [0.25, 0.3) is 6.08 Å². The van der Waals surface area contributed by atoms with Crippen molar-refractivity contribution in [3.05, 3.63) is 60.2 Å². The van der Waals surface area contributed by atoms with Crippen LogP contribution in [0.3, 0.4) is 0 Å². The Morgan fingerprint density at radius 3 is 2.59 bits per heavy atom. The number of anilines is 1. The highest BCUT2D eigenvalue weighted by molar-refractivity contribution is 5.91. The third-order valence-electron chi connectivity index (χ3n) is 4.15. The number of nitrogens with one attached hydrogen (secondary N) is 1. The molecule has 0 radical (unpaired) electrons. The van der Waals surface area contributed by atoms with Gasteiger partial charge in [-0.2, -0.15) is 0 Å². The van der Waals surface area contributed by atoms with E-state index in [-0.39, 0.29) is 12.5 Å². The summed E-state index contributed by atoms with van der Waals surface area (Å²) in [6.45, 7) is 1.20. The summed E-state index contributed by atoms with van der Waals surface area (Å²) in [4.78, 5) is 25.0. The smallest absolute Gasteiger partial charge is 0.255 e. The second-order valence-electron chi connectivity index (χ2n) is 6.40. The van der Waals surface area contributed by atoms with Crippen LogP contribution in [0, 0.1) is 0 Å². The Morgan fingerprint density at radius 1 is 1.14 bits per heavy atom. The number of para-hydroxylation sites is 1. The molecule has 0 unspecified atom stereocenters. The maximum absolute atomic E-state index is 12.0. The zero-order valence-electron chi connectivity index (χ0n) is 16.8. The van der Waals surface area contributed by atoms with Gasteiger partial charge in [0, 0.05) is 31.9 Å². The van der Waals surface area contributed by atoms with Gasteiger partial charge < -0.3 is 25.4 Å². The van der Waals surface area contributed by atoms with Crippen LogP contribution >= 0.6 is 0 Å². The van der Waals surface area contributed by atoms with Crippen LogP contribution < -0.4 is 25.4 Å². The van der Waals surface area contributed by atoms with E-state index in [1.165, 1.54) is 13.2 Å². The Bertz CT molecular complexity index is 837. The van der Waals surface area contributed by atoms with Gasteiger partial charge in [0.1, 0.15) is 0 Å². The summed E-state index contributed by atoms with van der Waals surface area (Å²) in [5, 5.41) is 2.87. The third kappa shape index (κ3) is 7.57. The highest BCUT2D eigenvalue weighted by Crippen LogP contribution is 2.28. The van der Waals surface area contributed by atoms with E-state index in [2.05, 4.69) is 22.3 Å². The Balaban J connectivity index is 1.78. The molecule has 0 spiro atoms. The molecule has 0 aliphatic heterocycles. The summed E-state index contributed by atoms with van der Waals surface area (Å²) < 4.78 is 10.5. The maximum Gasteiger partial charge on any atom is 0.255 e. The van der Waals surface area contributed by atoms with E-state index in [1.807, 2.05) is 25.2 Å². The molecule has 0 aromatic heterocycles. The van der Waals surface area contributed by atoms with Gasteiger partial charge in [-0.15, -0.1) is 0 Å². The lowest BCUT2D eigenvalue weighted by molar-refractivity contribution is -0.120. The van der Waals surface area contributed by atoms with E-state index in [9.17, 15) is 9.59 Å². The van der Waals surface area contributed by atoms with E-state index >= 15 is 0 Å². The van der Waals surface area contributed by atoms with Crippen molar-refractivity contribution in [1.82, 2.24) is 5.32 Å². The predicted molar refractivity (Wildman–Crippen MR) is 114 cm³/mol. The fraction of sp³-hybridized carbons (Fsp3) is 0.273. The number of benzene rings is 2. The van der Waals surface area contributed by atoms with Gasteiger partial charge in [0.25, 0.3) is 5.91 Å². The van der Waals surface area contributed by atoms with Crippen molar-refractivity contribution < 1.29 is 19.1 Å². The molecule has 0 atom stereocenters. The van der Waals surface area contributed by atoms with Crippen molar-refractivity contribution in [2.75, 3.05) is 38.8 Å². The van der Waals surface area contributed by atoms with Crippen molar-refractivity contribution in [3.8, 4) is 11.5 Å². The molecule has 0 bridgehead atoms. The van der Waals surface area contributed by atoms with Crippen LogP contribution in [-0.4, -0.2) is 45.7 Å². The van der Waals surface area contributed by atoms with Gasteiger partial charge in [-0.3, -0.25) is 9.59 Å². The van der Waals surface area contributed by atoms with Crippen LogP contribution in [0.4, 0.5) is 5.69 Å². The van der Waals surface area contributed by atoms with E-state index in [1.54, 1.807) is 24.3 Å². The normalized spacial score (nSPS) is 10.6. The largest absolute Gasteiger partial charge is 0.493 e. The lowest BCUT2D eigenvalue weighted by Crippen LogP contribution is -2.26. The SMILES string of the molecule is COc1cc(/C=C/C(=O)NCCCN(C)c2ccccc2)ccc1OCC(N)=O. The number of amides is 2. The summed E-state index contributed by atoms with van der Waals surface area (Å²) >= 11 is 0. The minimum atomic E-state index is -0.567. The van der Waals surface area contributed by atoms with Crippen molar-refractivity contribution in [2.24, 2.45) is 5.73 Å². The highest BCUT2D eigenvalue weighted by Gasteiger charge is 2.06. The van der Waals surface area contributed by atoms with Crippen LogP contribution in [0.2, 0.25) is 0 Å². The van der Waals surface area contributed by atoms with Crippen LogP contribution in [0.15, 0.2) is 54.6 Å². The average molecular weight is 397 g/mol. The molecule has 3 N–H and O–H groups in total. The summed E-state index contributed by atoms with van der Waals surface area (Å²) in [5.74, 6) is 0.135. The summed E-state index contributed by atoms with van der Waals surface area (Å²) in [7, 11) is 3.53. The zero-order chi connectivity index (χ0) is 21.1. The molecule has 0 fully saturated rings. The fourth-order valence-electron chi connectivity index (χ4n) is 2.63. The fourth-order valence-corrected chi connectivity index (χ4v) is 2.63. The van der Waals surface area contributed by atoms with Gasteiger partial charge in [-0.1, -0.05) is 24.3 Å². The quantitative estimate of drug-likeness (QED) is 0.448. The number of methoxy groups -OCH3 is 1. The minimum Gasteiger partial charge on any atom is -0.493 e. The first-order valence-electron chi connectivity index (χ1n) is 9.31. The average Bonchev–Trinajstić information content (AvgIpc) is 2.74. The molecule has 2 aromatic carbocycles. The molecule has 154 valence electrons. The molecule has 29 heavy (non-hydrogen) atoms. The Morgan fingerprint density at radius 2 is 1.90 bits per heavy atom. The molecule has 0 aliphatic carbocycles. The number of carbonyl (C=O) groups is 2. The molecule has 7 nitrogen and oxygen atoms in total. The lowest BCUT2D eigenvalue weighted by atomic mass is 10.2. The number of nitrogens with two attached hydrogens (primary N) is 1. The number of rotatable bonds is 11. The topological polar surface area (TPSA) is 93.9 Å². The monoisotopic (exact) mass is 397 g/mol. The second kappa shape index (κ2) is 11.4. The Kier molecular flexibility index (Phi) is 8.56. The van der Waals surface area contributed by atoms with Crippen molar-refractivity contribution in [2.45, 2.75) is 6.42 Å². The summed E-state index contributed by atoms with van der Waals surface area (Å²) in [5.41, 5.74) is 7.00. The molecule has 0 aliphatic rings. The van der Waals surface area contributed by atoms with E-state index in [0.29, 0.717) is 18.0 Å². The van der Waals surface area contributed by atoms with Gasteiger partial charge in [-0.25, -0.2) is 0 Å². The minimum absolute atomic E-state index is 0.166. The van der Waals surface area contributed by atoms with Gasteiger partial charge >= 0.3 is 0 Å². The van der Waals surface area contributed by atoms with E-state index in [0.717, 1.165) is 24.2 Å². The summed E-state index contributed by atoms with van der Waals surface area (Å²) in [6, 6.07) is 15.2. The van der Waals surface area contributed by atoms with Crippen LogP contribution in [0.1, 0.15) is 12.0 Å².